The van der Waals surface area contributed by atoms with E-state index < -0.39 is 54.5 Å². The molecule has 0 N–H and O–H groups in total. The Kier molecular flexibility index (Phi) is 8.58. The van der Waals surface area contributed by atoms with Crippen molar-refractivity contribution in [2.75, 3.05) is 44.4 Å². The van der Waals surface area contributed by atoms with Crippen molar-refractivity contribution in [2.45, 2.75) is 60.1 Å². The summed E-state index contributed by atoms with van der Waals surface area (Å²) < 4.78 is 95.0. The summed E-state index contributed by atoms with van der Waals surface area (Å²) in [5, 5.41) is 0.335. The average molecular weight is 606 g/mol. The van der Waals surface area contributed by atoms with E-state index in [9.17, 15) is 21.2 Å². The van der Waals surface area contributed by atoms with Crippen LogP contribution in [-0.2, 0) is 29.1 Å². The van der Waals surface area contributed by atoms with Gasteiger partial charge in [-0.2, -0.15) is 0 Å². The Morgan fingerprint density at radius 1 is 1.03 bits per heavy atom. The van der Waals surface area contributed by atoms with Crippen molar-refractivity contribution in [3.05, 3.63) is 52.8 Å². The fraction of sp³-hybridized carbons (Fsp3) is 0.630. The van der Waals surface area contributed by atoms with Crippen LogP contribution in [-0.4, -0.2) is 89.2 Å². The van der Waals surface area contributed by atoms with Crippen LogP contribution in [0, 0.1) is 5.92 Å². The molecule has 216 valence electrons. The monoisotopic (exact) mass is 605 g/mol. The minimum Gasteiger partial charge on any atom is -0.378 e. The predicted molar refractivity (Wildman–Crippen MR) is 145 cm³/mol. The van der Waals surface area contributed by atoms with E-state index >= 15 is 4.39 Å². The van der Waals surface area contributed by atoms with Crippen LogP contribution in [0.5, 0.6) is 0 Å². The minimum atomic E-state index is -4.31. The number of benzene rings is 1. The summed E-state index contributed by atoms with van der Waals surface area (Å²) >= 11 is 6.00. The van der Waals surface area contributed by atoms with Crippen LogP contribution in [0.4, 0.5) is 8.78 Å². The Labute approximate surface area is 234 Å². The lowest BCUT2D eigenvalue weighted by Gasteiger charge is -2.53. The summed E-state index contributed by atoms with van der Waals surface area (Å²) in [5.74, 6) is -1.97. The van der Waals surface area contributed by atoms with Crippen molar-refractivity contribution >= 4 is 31.3 Å². The SMILES string of the molecule is O=S(=O)(CCC1OCCC2(S(=O)(=O)c3ccc(Cl)cc3)C3=C(F)C=CC(F)C3OCC12)CCN1CCCCC1. The van der Waals surface area contributed by atoms with Crippen LogP contribution in [0.25, 0.3) is 0 Å². The third-order valence-electron chi connectivity index (χ3n) is 8.51. The molecule has 1 aliphatic carbocycles. The first-order chi connectivity index (χ1) is 18.5. The number of nitrogens with zero attached hydrogens (tertiary/aromatic N) is 1. The molecule has 0 spiro atoms. The maximum absolute atomic E-state index is 15.5. The summed E-state index contributed by atoms with van der Waals surface area (Å²) in [6.07, 6.45) is 1.24. The fourth-order valence-electron chi connectivity index (χ4n) is 6.46. The number of fused-ring (bicyclic) bond motifs is 3. The zero-order valence-electron chi connectivity index (χ0n) is 21.6. The van der Waals surface area contributed by atoms with E-state index in [0.29, 0.717) is 11.6 Å². The number of sulfone groups is 2. The summed E-state index contributed by atoms with van der Waals surface area (Å²) in [6, 6.07) is 5.58. The van der Waals surface area contributed by atoms with Gasteiger partial charge in [-0.05, 0) is 75.2 Å². The molecule has 3 aliphatic heterocycles. The second-order valence-electron chi connectivity index (χ2n) is 10.8. The molecule has 5 unspecified atom stereocenters. The van der Waals surface area contributed by atoms with Crippen molar-refractivity contribution in [3.8, 4) is 0 Å². The second-order valence-corrected chi connectivity index (χ2v) is 15.7. The molecule has 7 nitrogen and oxygen atoms in total. The van der Waals surface area contributed by atoms with Gasteiger partial charge in [-0.25, -0.2) is 25.6 Å². The lowest BCUT2D eigenvalue weighted by molar-refractivity contribution is -0.114. The Morgan fingerprint density at radius 3 is 2.46 bits per heavy atom. The van der Waals surface area contributed by atoms with Gasteiger partial charge in [0.25, 0.3) is 0 Å². The van der Waals surface area contributed by atoms with E-state index in [4.69, 9.17) is 21.1 Å². The van der Waals surface area contributed by atoms with Crippen LogP contribution in [0.1, 0.15) is 32.1 Å². The van der Waals surface area contributed by atoms with Gasteiger partial charge in [0.2, 0.25) is 0 Å². The average Bonchev–Trinajstić information content (AvgIpc) is 2.93. The van der Waals surface area contributed by atoms with Gasteiger partial charge in [0, 0.05) is 29.7 Å². The van der Waals surface area contributed by atoms with Crippen molar-refractivity contribution in [3.63, 3.8) is 0 Å². The molecular weight excluding hydrogens is 572 g/mol. The van der Waals surface area contributed by atoms with Gasteiger partial charge in [0.15, 0.2) is 19.7 Å². The molecular formula is C27H34ClF2NO6S2. The molecule has 5 rings (SSSR count). The first-order valence-corrected chi connectivity index (χ1v) is 17.1. The number of allylic oxidation sites excluding steroid dienone is 2. The second kappa shape index (κ2) is 11.5. The van der Waals surface area contributed by atoms with Crippen LogP contribution >= 0.6 is 11.6 Å². The zero-order valence-corrected chi connectivity index (χ0v) is 24.0. The number of hydrogen-bond acceptors (Lipinski definition) is 7. The number of alkyl halides is 1. The maximum atomic E-state index is 15.5. The molecule has 5 atom stereocenters. The van der Waals surface area contributed by atoms with E-state index in [2.05, 4.69) is 4.90 Å². The Bertz CT molecular complexity index is 1330. The van der Waals surface area contributed by atoms with Gasteiger partial charge in [-0.15, -0.1) is 0 Å². The number of halogens is 3. The van der Waals surface area contributed by atoms with Gasteiger partial charge < -0.3 is 14.4 Å². The van der Waals surface area contributed by atoms with Crippen molar-refractivity contribution in [1.82, 2.24) is 4.90 Å². The highest BCUT2D eigenvalue weighted by atomic mass is 35.5. The number of piperidine rings is 1. The molecule has 12 heteroatoms. The van der Waals surface area contributed by atoms with Gasteiger partial charge in [-0.3, -0.25) is 0 Å². The minimum absolute atomic E-state index is 0.00524. The molecule has 0 aromatic heterocycles. The van der Waals surface area contributed by atoms with E-state index in [1.807, 2.05) is 0 Å². The number of hydrogen-bond donors (Lipinski definition) is 0. The molecule has 0 bridgehead atoms. The highest BCUT2D eigenvalue weighted by Gasteiger charge is 2.63. The highest BCUT2D eigenvalue weighted by Crippen LogP contribution is 2.54. The van der Waals surface area contributed by atoms with Crippen LogP contribution in [0.3, 0.4) is 0 Å². The zero-order chi connectivity index (χ0) is 27.8. The quantitative estimate of drug-likeness (QED) is 0.441. The molecule has 0 saturated carbocycles. The third-order valence-corrected chi connectivity index (χ3v) is 13.0. The largest absolute Gasteiger partial charge is 0.378 e. The Hall–Kier alpha value is -1.37. The van der Waals surface area contributed by atoms with Crippen LogP contribution in [0.2, 0.25) is 5.02 Å². The fourth-order valence-corrected chi connectivity index (χ4v) is 10.3. The molecule has 3 saturated heterocycles. The van der Waals surface area contributed by atoms with E-state index in [1.54, 1.807) is 0 Å². The summed E-state index contributed by atoms with van der Waals surface area (Å²) in [5.41, 5.74) is -0.245. The van der Waals surface area contributed by atoms with E-state index in [0.717, 1.165) is 44.5 Å². The number of rotatable bonds is 8. The lowest BCUT2D eigenvalue weighted by Crippen LogP contribution is -2.64. The Balaban J connectivity index is 1.46. The van der Waals surface area contributed by atoms with Gasteiger partial charge in [0.1, 0.15) is 22.8 Å². The maximum Gasteiger partial charge on any atom is 0.188 e. The van der Waals surface area contributed by atoms with Gasteiger partial charge in [-0.1, -0.05) is 18.0 Å². The summed E-state index contributed by atoms with van der Waals surface area (Å²) in [7, 11) is -7.77. The first kappa shape index (κ1) is 29.1. The predicted octanol–water partition coefficient (Wildman–Crippen LogP) is 4.08. The highest BCUT2D eigenvalue weighted by molar-refractivity contribution is 7.93. The molecule has 0 amide bonds. The van der Waals surface area contributed by atoms with Gasteiger partial charge >= 0.3 is 0 Å². The summed E-state index contributed by atoms with van der Waals surface area (Å²) in [6.45, 7) is 1.97. The normalized spacial score (nSPS) is 32.1. The first-order valence-electron chi connectivity index (χ1n) is 13.4. The molecule has 1 aromatic rings. The summed E-state index contributed by atoms with van der Waals surface area (Å²) in [4.78, 5) is 2.08. The molecule has 1 aromatic carbocycles. The lowest BCUT2D eigenvalue weighted by atomic mass is 9.71. The Morgan fingerprint density at radius 2 is 1.74 bits per heavy atom. The topological polar surface area (TPSA) is 90.0 Å². The molecule has 4 aliphatic rings. The standard InChI is InChI=1S/C27H34ClF2NO6S2/c28-19-4-6-20(7-5-19)39(34,35)27-11-15-36-24(10-16-38(32,33)17-14-31-12-2-1-3-13-31)21(27)18-37-26-23(30)9-8-22(29)25(26)27/h4-9,21,23-24,26H,1-3,10-18H2. The van der Waals surface area contributed by atoms with Crippen LogP contribution in [0.15, 0.2) is 52.7 Å². The van der Waals surface area contributed by atoms with Gasteiger partial charge in [0.05, 0.1) is 29.1 Å². The number of ether oxygens (including phenoxy) is 2. The smallest absolute Gasteiger partial charge is 0.188 e. The number of likely N-dealkylation sites (tertiary alicyclic amines) is 1. The molecule has 39 heavy (non-hydrogen) atoms. The third kappa shape index (κ3) is 5.59. The molecule has 0 radical (unpaired) electrons. The molecule has 3 heterocycles. The van der Waals surface area contributed by atoms with E-state index in [-0.39, 0.29) is 48.0 Å². The molecule has 3 fully saturated rings. The van der Waals surface area contributed by atoms with Crippen LogP contribution < -0.4 is 0 Å². The van der Waals surface area contributed by atoms with Crippen molar-refractivity contribution in [2.24, 2.45) is 5.92 Å². The van der Waals surface area contributed by atoms with Crippen molar-refractivity contribution in [1.29, 1.82) is 0 Å². The van der Waals surface area contributed by atoms with Crippen molar-refractivity contribution < 1.29 is 35.1 Å². The van der Waals surface area contributed by atoms with E-state index in [1.165, 1.54) is 24.3 Å².